The van der Waals surface area contributed by atoms with Crippen molar-refractivity contribution >= 4 is 16.9 Å². The zero-order valence-electron chi connectivity index (χ0n) is 11.5. The molecule has 3 rings (SSSR count). The molecule has 0 spiro atoms. The van der Waals surface area contributed by atoms with Crippen LogP contribution in [0.1, 0.15) is 16.2 Å². The van der Waals surface area contributed by atoms with E-state index in [0.29, 0.717) is 11.3 Å². The molecule has 0 unspecified atom stereocenters. The number of aromatic nitrogens is 1. The minimum Gasteiger partial charge on any atom is -0.475 e. The molecule has 0 aliphatic rings. The zero-order valence-corrected chi connectivity index (χ0v) is 11.5. The number of benzene rings is 1. The number of pyridine rings is 1. The number of hydrogen-bond donors (Lipinski definition) is 1. The Hall–Kier alpha value is -3.02. The maximum atomic E-state index is 13.1. The predicted molar refractivity (Wildman–Crippen MR) is 77.4 cm³/mol. The molecule has 2 heterocycles. The molecule has 0 saturated heterocycles. The van der Waals surface area contributed by atoms with Gasteiger partial charge in [-0.1, -0.05) is 12.1 Å². The van der Waals surface area contributed by atoms with Crippen LogP contribution in [0.25, 0.3) is 22.0 Å². The summed E-state index contributed by atoms with van der Waals surface area (Å²) >= 11 is 0. The maximum Gasteiger partial charge on any atom is 0.372 e. The lowest BCUT2D eigenvalue weighted by Gasteiger charge is -2.09. The third-order valence-electron chi connectivity index (χ3n) is 3.24. The molecule has 5 nitrogen and oxygen atoms in total. The van der Waals surface area contributed by atoms with Crippen LogP contribution in [0.3, 0.4) is 0 Å². The molecule has 1 N–H and O–H groups in total. The van der Waals surface area contributed by atoms with Crippen LogP contribution in [0.4, 0.5) is 4.39 Å². The average molecular weight is 299 g/mol. The topological polar surface area (TPSA) is 80.4 Å². The Morgan fingerprint density at radius 3 is 2.50 bits per heavy atom. The number of aromatic carboxylic acids is 1. The van der Waals surface area contributed by atoms with Gasteiger partial charge < -0.3 is 9.52 Å². The van der Waals surface area contributed by atoms with Gasteiger partial charge in [0, 0.05) is 5.69 Å². The second kappa shape index (κ2) is 5.07. The molecule has 0 fully saturated rings. The lowest BCUT2D eigenvalue weighted by atomic mass is 10.0. The molecule has 6 heteroatoms. The van der Waals surface area contributed by atoms with E-state index >= 15 is 0 Å². The summed E-state index contributed by atoms with van der Waals surface area (Å²) in [4.78, 5) is 27.6. The molecule has 110 valence electrons. The van der Waals surface area contributed by atoms with Crippen molar-refractivity contribution in [3.63, 3.8) is 0 Å². The highest BCUT2D eigenvalue weighted by atomic mass is 19.1. The summed E-state index contributed by atoms with van der Waals surface area (Å²) in [6, 6.07) is 8.40. The van der Waals surface area contributed by atoms with E-state index in [1.165, 1.54) is 30.3 Å². The van der Waals surface area contributed by atoms with Crippen LogP contribution in [-0.4, -0.2) is 16.1 Å². The summed E-state index contributed by atoms with van der Waals surface area (Å²) in [5, 5.41) is 9.48. The third kappa shape index (κ3) is 2.24. The first-order valence-electron chi connectivity index (χ1n) is 6.41. The van der Waals surface area contributed by atoms with Crippen LogP contribution in [0.15, 0.2) is 45.6 Å². The largest absolute Gasteiger partial charge is 0.475 e. The number of halogens is 1. The number of nitrogens with zero attached hydrogens (tertiary/aromatic N) is 1. The number of fused-ring (bicyclic) bond motifs is 1. The van der Waals surface area contributed by atoms with Gasteiger partial charge in [-0.05, 0) is 36.8 Å². The standard InChI is InChI=1S/C16H10FNO4/c1-8-2-7-11-13(18-8)12(9-3-5-10(17)6-4-9)14(15(19)20)22-16(11)21/h2-7H,1H3,(H,19,20). The van der Waals surface area contributed by atoms with Crippen LogP contribution < -0.4 is 5.63 Å². The number of carbonyl (C=O) groups is 1. The highest BCUT2D eigenvalue weighted by Crippen LogP contribution is 2.29. The Bertz CT molecular complexity index is 945. The minimum absolute atomic E-state index is 0.158. The summed E-state index contributed by atoms with van der Waals surface area (Å²) in [6.45, 7) is 1.73. The molecule has 0 atom stereocenters. The Labute approximate surface area is 123 Å². The normalized spacial score (nSPS) is 10.8. The van der Waals surface area contributed by atoms with E-state index in [2.05, 4.69) is 4.98 Å². The first-order chi connectivity index (χ1) is 10.5. The van der Waals surface area contributed by atoms with E-state index in [1.807, 2.05) is 0 Å². The van der Waals surface area contributed by atoms with E-state index in [1.54, 1.807) is 13.0 Å². The van der Waals surface area contributed by atoms with Crippen molar-refractivity contribution < 1.29 is 18.7 Å². The molecule has 0 radical (unpaired) electrons. The summed E-state index contributed by atoms with van der Waals surface area (Å²) in [7, 11) is 0. The van der Waals surface area contributed by atoms with Crippen LogP contribution in [0, 0.1) is 12.7 Å². The van der Waals surface area contributed by atoms with Crippen molar-refractivity contribution in [3.05, 3.63) is 64.1 Å². The summed E-state index contributed by atoms with van der Waals surface area (Å²) < 4.78 is 18.0. The van der Waals surface area contributed by atoms with Gasteiger partial charge >= 0.3 is 11.6 Å². The molecule has 0 bridgehead atoms. The molecule has 0 aliphatic heterocycles. The van der Waals surface area contributed by atoms with Gasteiger partial charge in [-0.25, -0.2) is 14.0 Å². The first-order valence-corrected chi connectivity index (χ1v) is 6.41. The Morgan fingerprint density at radius 2 is 1.86 bits per heavy atom. The number of carboxylic acids is 1. The van der Waals surface area contributed by atoms with Crippen LogP contribution >= 0.6 is 0 Å². The van der Waals surface area contributed by atoms with Crippen molar-refractivity contribution in [1.29, 1.82) is 0 Å². The average Bonchev–Trinajstić information content (AvgIpc) is 2.48. The summed E-state index contributed by atoms with van der Waals surface area (Å²) in [5.41, 5.74) is 0.639. The van der Waals surface area contributed by atoms with E-state index < -0.39 is 23.2 Å². The fourth-order valence-electron chi connectivity index (χ4n) is 2.25. The van der Waals surface area contributed by atoms with Gasteiger partial charge in [-0.15, -0.1) is 0 Å². The van der Waals surface area contributed by atoms with E-state index in [-0.39, 0.29) is 16.5 Å². The van der Waals surface area contributed by atoms with Crippen molar-refractivity contribution in [2.45, 2.75) is 6.92 Å². The smallest absolute Gasteiger partial charge is 0.372 e. The van der Waals surface area contributed by atoms with Crippen molar-refractivity contribution in [2.24, 2.45) is 0 Å². The summed E-state index contributed by atoms with van der Waals surface area (Å²) in [6.07, 6.45) is 0. The number of aryl methyl sites for hydroxylation is 1. The van der Waals surface area contributed by atoms with E-state index in [9.17, 15) is 19.1 Å². The summed E-state index contributed by atoms with van der Waals surface area (Å²) in [5.74, 6) is -2.35. The molecule has 22 heavy (non-hydrogen) atoms. The lowest BCUT2D eigenvalue weighted by Crippen LogP contribution is -2.10. The van der Waals surface area contributed by atoms with Crippen LogP contribution in [-0.2, 0) is 0 Å². The second-order valence-corrected chi connectivity index (χ2v) is 4.75. The lowest BCUT2D eigenvalue weighted by molar-refractivity contribution is 0.0659. The van der Waals surface area contributed by atoms with Crippen LogP contribution in [0.5, 0.6) is 0 Å². The maximum absolute atomic E-state index is 13.1. The molecule has 2 aromatic heterocycles. The molecule has 1 aromatic carbocycles. The minimum atomic E-state index is -1.39. The Balaban J connectivity index is 2.48. The third-order valence-corrected chi connectivity index (χ3v) is 3.24. The van der Waals surface area contributed by atoms with Crippen molar-refractivity contribution in [3.8, 4) is 11.1 Å². The first kappa shape index (κ1) is 13.9. The highest BCUT2D eigenvalue weighted by molar-refractivity contribution is 6.03. The zero-order chi connectivity index (χ0) is 15.9. The van der Waals surface area contributed by atoms with Crippen molar-refractivity contribution in [1.82, 2.24) is 4.98 Å². The van der Waals surface area contributed by atoms with Crippen LogP contribution in [0.2, 0.25) is 0 Å². The molecular formula is C16H10FNO4. The monoisotopic (exact) mass is 299 g/mol. The van der Waals surface area contributed by atoms with Gasteiger partial charge in [0.25, 0.3) is 0 Å². The molecular weight excluding hydrogens is 289 g/mol. The predicted octanol–water partition coefficient (Wildman–Crippen LogP) is 3.00. The molecule has 3 aromatic rings. The number of carboxylic acid groups (broad SMARTS) is 1. The van der Waals surface area contributed by atoms with E-state index in [4.69, 9.17) is 4.42 Å². The van der Waals surface area contributed by atoms with E-state index in [0.717, 1.165) is 0 Å². The Kier molecular flexibility index (Phi) is 3.21. The molecule has 0 amide bonds. The number of rotatable bonds is 2. The Morgan fingerprint density at radius 1 is 1.18 bits per heavy atom. The van der Waals surface area contributed by atoms with Crippen molar-refractivity contribution in [2.75, 3.05) is 0 Å². The molecule has 0 aliphatic carbocycles. The van der Waals surface area contributed by atoms with Gasteiger partial charge in [0.1, 0.15) is 5.82 Å². The van der Waals surface area contributed by atoms with Gasteiger partial charge in [0.15, 0.2) is 0 Å². The highest BCUT2D eigenvalue weighted by Gasteiger charge is 2.21. The SMILES string of the molecule is Cc1ccc2c(=O)oc(C(=O)O)c(-c3ccc(F)cc3)c2n1. The second-order valence-electron chi connectivity index (χ2n) is 4.75. The quantitative estimate of drug-likeness (QED) is 0.786. The number of hydrogen-bond acceptors (Lipinski definition) is 4. The molecule has 0 saturated carbocycles. The van der Waals surface area contributed by atoms with Gasteiger partial charge in [0.2, 0.25) is 5.76 Å². The fraction of sp³-hybridized carbons (Fsp3) is 0.0625. The van der Waals surface area contributed by atoms with Gasteiger partial charge in [0.05, 0.1) is 16.5 Å². The van der Waals surface area contributed by atoms with Gasteiger partial charge in [-0.2, -0.15) is 0 Å². The van der Waals surface area contributed by atoms with Gasteiger partial charge in [-0.3, -0.25) is 4.98 Å². The fourth-order valence-corrected chi connectivity index (χ4v) is 2.25.